The maximum Gasteiger partial charge on any atom is 0.223 e. The van der Waals surface area contributed by atoms with E-state index in [1.807, 2.05) is 18.2 Å². The molecule has 0 spiro atoms. The second kappa shape index (κ2) is 8.37. The van der Waals surface area contributed by atoms with Crippen LogP contribution < -0.4 is 9.47 Å². The molecular formula is C22H23F2NO4. The molecule has 0 bridgehead atoms. The van der Waals surface area contributed by atoms with Gasteiger partial charge in [0.1, 0.15) is 6.10 Å². The summed E-state index contributed by atoms with van der Waals surface area (Å²) in [6, 6.07) is 9.68. The van der Waals surface area contributed by atoms with Gasteiger partial charge >= 0.3 is 0 Å². The first-order valence-electron chi connectivity index (χ1n) is 9.68. The van der Waals surface area contributed by atoms with Gasteiger partial charge in [0.15, 0.2) is 23.1 Å². The summed E-state index contributed by atoms with van der Waals surface area (Å²) >= 11 is 0. The van der Waals surface area contributed by atoms with Crippen molar-refractivity contribution in [2.45, 2.75) is 31.4 Å². The Bertz CT molecular complexity index is 898. The smallest absolute Gasteiger partial charge is 0.223 e. The number of hydrogen-bond donors (Lipinski definition) is 0. The summed E-state index contributed by atoms with van der Waals surface area (Å²) in [5.41, 5.74) is 1.13. The van der Waals surface area contributed by atoms with Crippen LogP contribution >= 0.6 is 0 Å². The Labute approximate surface area is 168 Å². The van der Waals surface area contributed by atoms with Crippen LogP contribution in [0.5, 0.6) is 11.5 Å². The van der Waals surface area contributed by atoms with Crippen LogP contribution in [0.4, 0.5) is 8.78 Å². The van der Waals surface area contributed by atoms with Gasteiger partial charge in [0.05, 0.1) is 20.3 Å². The molecule has 7 heteroatoms. The second-order valence-electron chi connectivity index (χ2n) is 7.40. The molecule has 2 aliphatic rings. The molecule has 2 aliphatic heterocycles. The third kappa shape index (κ3) is 4.19. The average Bonchev–Trinajstić information content (AvgIpc) is 3.35. The van der Waals surface area contributed by atoms with E-state index in [1.165, 1.54) is 12.1 Å². The van der Waals surface area contributed by atoms with Crippen molar-refractivity contribution < 1.29 is 27.8 Å². The highest BCUT2D eigenvalue weighted by Crippen LogP contribution is 2.36. The number of nitrogens with zero attached hydrogens (tertiary/aromatic N) is 1. The highest BCUT2D eigenvalue weighted by Gasteiger charge is 2.32. The first-order chi connectivity index (χ1) is 14.0. The maximum atomic E-state index is 14.0. The molecule has 154 valence electrons. The first-order valence-corrected chi connectivity index (χ1v) is 9.68. The molecule has 5 nitrogen and oxygen atoms in total. The van der Waals surface area contributed by atoms with E-state index in [2.05, 4.69) is 0 Å². The molecule has 0 N–H and O–H groups in total. The summed E-state index contributed by atoms with van der Waals surface area (Å²) in [7, 11) is 1.58. The van der Waals surface area contributed by atoms with Crippen molar-refractivity contribution in [1.82, 2.24) is 4.90 Å². The standard InChI is InChI=1S/C22H23F2NO4/c1-27-19-6-5-14(9-20(19)29-17-7-8-28-13-17)16-10-21(26)25(12-16)11-15-3-2-4-18(23)22(15)24/h2-6,9,16-17H,7-8,10-13H2,1H3/t16?,17-/m1/s1. The average molecular weight is 403 g/mol. The van der Waals surface area contributed by atoms with Crippen molar-refractivity contribution in [3.05, 3.63) is 59.2 Å². The number of carbonyl (C=O) groups is 1. The minimum Gasteiger partial charge on any atom is -0.493 e. The largest absolute Gasteiger partial charge is 0.493 e. The Hall–Kier alpha value is -2.67. The molecule has 0 aromatic heterocycles. The van der Waals surface area contributed by atoms with E-state index in [1.54, 1.807) is 12.0 Å². The van der Waals surface area contributed by atoms with Gasteiger partial charge in [-0.1, -0.05) is 18.2 Å². The zero-order valence-corrected chi connectivity index (χ0v) is 16.2. The number of rotatable bonds is 6. The summed E-state index contributed by atoms with van der Waals surface area (Å²) in [6.45, 7) is 1.71. The van der Waals surface area contributed by atoms with E-state index in [0.29, 0.717) is 37.7 Å². The fraction of sp³-hybridized carbons (Fsp3) is 0.409. The molecular weight excluding hydrogens is 380 g/mol. The van der Waals surface area contributed by atoms with Crippen LogP contribution in [0.15, 0.2) is 36.4 Å². The normalized spacial score (nSPS) is 21.6. The number of amides is 1. The third-order valence-corrected chi connectivity index (χ3v) is 5.45. The van der Waals surface area contributed by atoms with Gasteiger partial charge in [0.2, 0.25) is 5.91 Å². The molecule has 29 heavy (non-hydrogen) atoms. The quantitative estimate of drug-likeness (QED) is 0.739. The zero-order chi connectivity index (χ0) is 20.4. The van der Waals surface area contributed by atoms with Crippen molar-refractivity contribution in [3.8, 4) is 11.5 Å². The monoisotopic (exact) mass is 403 g/mol. The van der Waals surface area contributed by atoms with Crippen molar-refractivity contribution >= 4 is 5.91 Å². The zero-order valence-electron chi connectivity index (χ0n) is 16.2. The SMILES string of the molecule is COc1ccc(C2CC(=O)N(Cc3cccc(F)c3F)C2)cc1O[C@@H]1CCOC1. The lowest BCUT2D eigenvalue weighted by Crippen LogP contribution is -2.25. The predicted octanol–water partition coefficient (Wildman–Crippen LogP) is 3.66. The maximum absolute atomic E-state index is 14.0. The number of hydrogen-bond acceptors (Lipinski definition) is 4. The fourth-order valence-electron chi connectivity index (χ4n) is 3.85. The van der Waals surface area contributed by atoms with Crippen molar-refractivity contribution in [2.24, 2.45) is 0 Å². The molecule has 1 unspecified atom stereocenters. The molecule has 0 radical (unpaired) electrons. The number of likely N-dealkylation sites (tertiary alicyclic amines) is 1. The summed E-state index contributed by atoms with van der Waals surface area (Å²) in [5, 5.41) is 0. The minimum atomic E-state index is -0.904. The Morgan fingerprint density at radius 3 is 2.83 bits per heavy atom. The molecule has 2 atom stereocenters. The molecule has 2 saturated heterocycles. The molecule has 2 heterocycles. The van der Waals surface area contributed by atoms with Gasteiger partial charge in [-0.3, -0.25) is 4.79 Å². The van der Waals surface area contributed by atoms with Crippen molar-refractivity contribution in [1.29, 1.82) is 0 Å². The molecule has 4 rings (SSSR count). The Balaban J connectivity index is 1.50. The molecule has 2 fully saturated rings. The van der Waals surface area contributed by atoms with Crippen molar-refractivity contribution in [2.75, 3.05) is 26.9 Å². The first kappa shape index (κ1) is 19.6. The molecule has 0 saturated carbocycles. The lowest BCUT2D eigenvalue weighted by Gasteiger charge is -2.19. The van der Waals surface area contributed by atoms with Gasteiger partial charge in [0, 0.05) is 37.4 Å². The van der Waals surface area contributed by atoms with Crippen LogP contribution in [0.1, 0.15) is 29.9 Å². The van der Waals surface area contributed by atoms with Crippen LogP contribution in [0.25, 0.3) is 0 Å². The summed E-state index contributed by atoms with van der Waals surface area (Å²) in [5.74, 6) is -0.680. The number of carbonyl (C=O) groups excluding carboxylic acids is 1. The van der Waals surface area contributed by atoms with Crippen LogP contribution in [0.3, 0.4) is 0 Å². The summed E-state index contributed by atoms with van der Waals surface area (Å²) in [4.78, 5) is 14.1. The number of ether oxygens (including phenoxy) is 3. The van der Waals surface area contributed by atoms with E-state index < -0.39 is 11.6 Å². The molecule has 2 aromatic rings. The van der Waals surface area contributed by atoms with E-state index in [4.69, 9.17) is 14.2 Å². The highest BCUT2D eigenvalue weighted by molar-refractivity contribution is 5.79. The van der Waals surface area contributed by atoms with Gasteiger partial charge in [-0.2, -0.15) is 0 Å². The topological polar surface area (TPSA) is 48.0 Å². The number of benzene rings is 2. The van der Waals surface area contributed by atoms with Gasteiger partial charge in [-0.05, 0) is 23.8 Å². The Morgan fingerprint density at radius 2 is 2.07 bits per heavy atom. The molecule has 0 aliphatic carbocycles. The van der Waals surface area contributed by atoms with Crippen LogP contribution in [0.2, 0.25) is 0 Å². The van der Waals surface area contributed by atoms with Gasteiger partial charge in [-0.25, -0.2) is 8.78 Å². The second-order valence-corrected chi connectivity index (χ2v) is 7.40. The number of methoxy groups -OCH3 is 1. The van der Waals surface area contributed by atoms with E-state index in [-0.39, 0.29) is 30.0 Å². The molecule has 2 aromatic carbocycles. The van der Waals surface area contributed by atoms with Crippen LogP contribution in [-0.4, -0.2) is 43.8 Å². The highest BCUT2D eigenvalue weighted by atomic mass is 19.2. The van der Waals surface area contributed by atoms with Gasteiger partial charge in [0.25, 0.3) is 0 Å². The summed E-state index contributed by atoms with van der Waals surface area (Å²) in [6.07, 6.45) is 1.12. The van der Waals surface area contributed by atoms with E-state index in [0.717, 1.165) is 18.1 Å². The third-order valence-electron chi connectivity index (χ3n) is 5.45. The minimum absolute atomic E-state index is 0.0168. The van der Waals surface area contributed by atoms with Crippen LogP contribution in [-0.2, 0) is 16.1 Å². The Morgan fingerprint density at radius 1 is 1.21 bits per heavy atom. The van der Waals surface area contributed by atoms with Crippen molar-refractivity contribution in [3.63, 3.8) is 0 Å². The lowest BCUT2D eigenvalue weighted by atomic mass is 9.98. The van der Waals surface area contributed by atoms with Crippen LogP contribution in [0, 0.1) is 11.6 Å². The van der Waals surface area contributed by atoms with Gasteiger partial charge in [-0.15, -0.1) is 0 Å². The Kier molecular flexibility index (Phi) is 5.67. The van der Waals surface area contributed by atoms with E-state index >= 15 is 0 Å². The molecule has 1 amide bonds. The fourth-order valence-corrected chi connectivity index (χ4v) is 3.85. The van der Waals surface area contributed by atoms with Gasteiger partial charge < -0.3 is 19.1 Å². The number of halogens is 2. The lowest BCUT2D eigenvalue weighted by molar-refractivity contribution is -0.128. The van der Waals surface area contributed by atoms with E-state index in [9.17, 15) is 13.6 Å². The summed E-state index contributed by atoms with van der Waals surface area (Å²) < 4.78 is 44.2. The predicted molar refractivity (Wildman–Crippen MR) is 102 cm³/mol.